The molecule has 2 aromatic carbocycles. The van der Waals surface area contributed by atoms with E-state index in [1.807, 2.05) is 41.3 Å². The molecule has 5 rings (SSSR count). The number of hydrogen-bond donors (Lipinski definition) is 1. The van der Waals surface area contributed by atoms with Crippen molar-refractivity contribution in [2.75, 3.05) is 13.7 Å². The summed E-state index contributed by atoms with van der Waals surface area (Å²) in [6, 6.07) is 13.9. The molecule has 1 amide bonds. The second-order valence-corrected chi connectivity index (χ2v) is 7.81. The van der Waals surface area contributed by atoms with Crippen LogP contribution in [0.4, 0.5) is 0 Å². The minimum atomic E-state index is 0.00864. The molecule has 28 heavy (non-hydrogen) atoms. The molecule has 6 nitrogen and oxygen atoms in total. The average molecular weight is 390 g/mol. The van der Waals surface area contributed by atoms with Crippen molar-refractivity contribution in [1.82, 2.24) is 20.1 Å². The quantitative estimate of drug-likeness (QED) is 0.561. The summed E-state index contributed by atoms with van der Waals surface area (Å²) in [5.41, 5.74) is 4.54. The first-order chi connectivity index (χ1) is 13.7. The molecule has 0 unspecified atom stereocenters. The van der Waals surface area contributed by atoms with Crippen LogP contribution in [0.2, 0.25) is 0 Å². The molecule has 0 bridgehead atoms. The zero-order valence-electron chi connectivity index (χ0n) is 15.3. The first-order valence-corrected chi connectivity index (χ1v) is 9.89. The highest BCUT2D eigenvalue weighted by molar-refractivity contribution is 7.18. The molecule has 7 heteroatoms. The molecule has 1 N–H and O–H groups in total. The van der Waals surface area contributed by atoms with Crippen molar-refractivity contribution in [2.45, 2.75) is 13.0 Å². The van der Waals surface area contributed by atoms with Crippen LogP contribution in [0, 0.1) is 0 Å². The first kappa shape index (κ1) is 16.9. The van der Waals surface area contributed by atoms with E-state index in [0.29, 0.717) is 24.4 Å². The maximum atomic E-state index is 13.1. The summed E-state index contributed by atoms with van der Waals surface area (Å²) in [5, 5.41) is 8.08. The van der Waals surface area contributed by atoms with E-state index in [0.717, 1.165) is 33.8 Å². The van der Waals surface area contributed by atoms with E-state index in [-0.39, 0.29) is 5.91 Å². The van der Waals surface area contributed by atoms with Crippen LogP contribution in [0.15, 0.2) is 48.7 Å². The molecule has 0 fully saturated rings. The van der Waals surface area contributed by atoms with E-state index in [4.69, 9.17) is 4.74 Å². The Kier molecular flexibility index (Phi) is 4.09. The lowest BCUT2D eigenvalue weighted by molar-refractivity contribution is 0.0778. The van der Waals surface area contributed by atoms with Gasteiger partial charge in [0, 0.05) is 31.3 Å². The van der Waals surface area contributed by atoms with E-state index in [2.05, 4.69) is 21.2 Å². The summed E-state index contributed by atoms with van der Waals surface area (Å²) < 4.78 is 6.64. The Morgan fingerprint density at radius 3 is 2.89 bits per heavy atom. The number of hydrogen-bond acceptors (Lipinski definition) is 5. The SMILES string of the molecule is COc1ccc(-c2ccn[nH]2)c2c1C(=O)N(CCc1nc3ccccc3s1)C2. The summed E-state index contributed by atoms with van der Waals surface area (Å²) in [4.78, 5) is 19.7. The van der Waals surface area contributed by atoms with Gasteiger partial charge in [-0.05, 0) is 35.9 Å². The fourth-order valence-corrected chi connectivity index (χ4v) is 4.67. The Morgan fingerprint density at radius 1 is 1.21 bits per heavy atom. The molecule has 0 aliphatic carbocycles. The van der Waals surface area contributed by atoms with Gasteiger partial charge in [0.25, 0.3) is 5.91 Å². The fourth-order valence-electron chi connectivity index (χ4n) is 3.71. The monoisotopic (exact) mass is 390 g/mol. The number of benzene rings is 2. The van der Waals surface area contributed by atoms with Gasteiger partial charge in [0.05, 0.1) is 33.6 Å². The molecule has 2 aromatic heterocycles. The molecule has 0 atom stereocenters. The number of ether oxygens (including phenoxy) is 1. The Labute approximate surface area is 165 Å². The number of nitrogens with one attached hydrogen (secondary N) is 1. The lowest BCUT2D eigenvalue weighted by atomic mass is 10.00. The highest BCUT2D eigenvalue weighted by atomic mass is 32.1. The zero-order valence-corrected chi connectivity index (χ0v) is 16.1. The summed E-state index contributed by atoms with van der Waals surface area (Å²) in [6.07, 6.45) is 2.45. The van der Waals surface area contributed by atoms with E-state index < -0.39 is 0 Å². The minimum absolute atomic E-state index is 0.00864. The number of amides is 1. The van der Waals surface area contributed by atoms with E-state index in [1.54, 1.807) is 24.6 Å². The lowest BCUT2D eigenvalue weighted by Gasteiger charge is -2.14. The van der Waals surface area contributed by atoms with Crippen molar-refractivity contribution in [2.24, 2.45) is 0 Å². The highest BCUT2D eigenvalue weighted by Crippen LogP contribution is 2.37. The maximum Gasteiger partial charge on any atom is 0.258 e. The molecule has 140 valence electrons. The summed E-state index contributed by atoms with van der Waals surface area (Å²) in [6.45, 7) is 1.18. The van der Waals surface area contributed by atoms with E-state index in [1.165, 1.54) is 4.70 Å². The third-order valence-electron chi connectivity index (χ3n) is 5.07. The predicted octanol–water partition coefficient (Wildman–Crippen LogP) is 3.89. The smallest absolute Gasteiger partial charge is 0.258 e. The van der Waals surface area contributed by atoms with Crippen molar-refractivity contribution in [3.8, 4) is 17.0 Å². The Hall–Kier alpha value is -3.19. The van der Waals surface area contributed by atoms with Gasteiger partial charge in [-0.15, -0.1) is 11.3 Å². The standard InChI is InChI=1S/C21H18N4O2S/c1-27-17-7-6-13(15-8-10-22-24-15)14-12-25(21(26)20(14)17)11-9-19-23-16-4-2-3-5-18(16)28-19/h2-8,10H,9,11-12H2,1H3,(H,22,24). The van der Waals surface area contributed by atoms with E-state index in [9.17, 15) is 4.79 Å². The van der Waals surface area contributed by atoms with Crippen LogP contribution in [0.1, 0.15) is 20.9 Å². The van der Waals surface area contributed by atoms with Crippen molar-refractivity contribution in [1.29, 1.82) is 0 Å². The van der Waals surface area contributed by atoms with Gasteiger partial charge in [-0.2, -0.15) is 5.10 Å². The number of aromatic nitrogens is 3. The molecule has 0 saturated carbocycles. The van der Waals surface area contributed by atoms with Crippen LogP contribution < -0.4 is 4.74 Å². The second kappa shape index (κ2) is 6.76. The molecule has 0 spiro atoms. The van der Waals surface area contributed by atoms with Crippen LogP contribution in [-0.4, -0.2) is 39.6 Å². The van der Waals surface area contributed by atoms with Crippen LogP contribution in [-0.2, 0) is 13.0 Å². The number of rotatable bonds is 5. The largest absolute Gasteiger partial charge is 0.496 e. The number of methoxy groups -OCH3 is 1. The van der Waals surface area contributed by atoms with Gasteiger partial charge < -0.3 is 9.64 Å². The summed E-state index contributed by atoms with van der Waals surface area (Å²) in [5.74, 6) is 0.625. The highest BCUT2D eigenvalue weighted by Gasteiger charge is 2.33. The Balaban J connectivity index is 1.42. The Morgan fingerprint density at radius 2 is 2.11 bits per heavy atom. The minimum Gasteiger partial charge on any atom is -0.496 e. The molecular formula is C21H18N4O2S. The lowest BCUT2D eigenvalue weighted by Crippen LogP contribution is -2.26. The predicted molar refractivity (Wildman–Crippen MR) is 109 cm³/mol. The molecular weight excluding hydrogens is 372 g/mol. The molecule has 0 saturated heterocycles. The maximum absolute atomic E-state index is 13.1. The molecule has 1 aliphatic heterocycles. The van der Waals surface area contributed by atoms with Gasteiger partial charge in [0.1, 0.15) is 5.75 Å². The Bertz CT molecular complexity index is 1130. The molecule has 1 aliphatic rings. The molecule has 3 heterocycles. The van der Waals surface area contributed by atoms with E-state index >= 15 is 0 Å². The van der Waals surface area contributed by atoms with Crippen LogP contribution in [0.25, 0.3) is 21.5 Å². The summed E-state index contributed by atoms with van der Waals surface area (Å²) >= 11 is 1.69. The number of carbonyl (C=O) groups excluding carboxylic acids is 1. The number of nitrogens with zero attached hydrogens (tertiary/aromatic N) is 3. The zero-order chi connectivity index (χ0) is 19.1. The van der Waals surface area contributed by atoms with Gasteiger partial charge in [0.2, 0.25) is 0 Å². The van der Waals surface area contributed by atoms with Gasteiger partial charge in [0.15, 0.2) is 0 Å². The number of carbonyl (C=O) groups is 1. The normalized spacial score (nSPS) is 13.3. The number of thiazole rings is 1. The fraction of sp³-hybridized carbons (Fsp3) is 0.190. The van der Waals surface area contributed by atoms with Gasteiger partial charge in [-0.25, -0.2) is 4.98 Å². The van der Waals surface area contributed by atoms with Crippen molar-refractivity contribution >= 4 is 27.5 Å². The van der Waals surface area contributed by atoms with Crippen molar-refractivity contribution < 1.29 is 9.53 Å². The number of H-pyrrole nitrogens is 1. The average Bonchev–Trinajstić information content (AvgIpc) is 3.45. The topological polar surface area (TPSA) is 71.1 Å². The second-order valence-electron chi connectivity index (χ2n) is 6.69. The van der Waals surface area contributed by atoms with Gasteiger partial charge in [-0.3, -0.25) is 9.89 Å². The third-order valence-corrected chi connectivity index (χ3v) is 6.17. The van der Waals surface area contributed by atoms with Crippen molar-refractivity contribution in [3.05, 3.63) is 64.8 Å². The van der Waals surface area contributed by atoms with Crippen LogP contribution in [0.5, 0.6) is 5.75 Å². The number of fused-ring (bicyclic) bond motifs is 2. The van der Waals surface area contributed by atoms with Crippen LogP contribution >= 0.6 is 11.3 Å². The number of aromatic amines is 1. The van der Waals surface area contributed by atoms with Gasteiger partial charge in [-0.1, -0.05) is 12.1 Å². The van der Waals surface area contributed by atoms with Crippen molar-refractivity contribution in [3.63, 3.8) is 0 Å². The summed E-state index contributed by atoms with van der Waals surface area (Å²) in [7, 11) is 1.60. The van der Waals surface area contributed by atoms with Gasteiger partial charge >= 0.3 is 0 Å². The number of para-hydroxylation sites is 1. The molecule has 4 aromatic rings. The van der Waals surface area contributed by atoms with Crippen LogP contribution in [0.3, 0.4) is 0 Å². The molecule has 0 radical (unpaired) electrons. The first-order valence-electron chi connectivity index (χ1n) is 9.08. The third kappa shape index (κ3) is 2.75.